The summed E-state index contributed by atoms with van der Waals surface area (Å²) in [5.74, 6) is -0.718. The second kappa shape index (κ2) is 20.8. The fourth-order valence-corrected chi connectivity index (χ4v) is 11.8. The van der Waals surface area contributed by atoms with Crippen LogP contribution < -0.4 is 16.4 Å². The number of amides is 2. The summed E-state index contributed by atoms with van der Waals surface area (Å²) < 4.78 is 63.2. The number of nitrogens with zero attached hydrogens (tertiary/aromatic N) is 6. The van der Waals surface area contributed by atoms with E-state index < -0.39 is 90.6 Å². The maximum atomic E-state index is 12.7. The van der Waals surface area contributed by atoms with Gasteiger partial charge >= 0.3 is 23.5 Å². The number of aliphatic hydroxyl groups is 2. The van der Waals surface area contributed by atoms with Gasteiger partial charge in [-0.05, 0) is 18.2 Å². The number of nitrogen functional groups attached to an aromatic ring is 1. The maximum Gasteiger partial charge on any atom is 0.481 e. The van der Waals surface area contributed by atoms with Crippen molar-refractivity contribution in [2.24, 2.45) is 10.4 Å². The van der Waals surface area contributed by atoms with Crippen LogP contribution >= 0.6 is 58.3 Å². The van der Waals surface area contributed by atoms with Crippen molar-refractivity contribution in [2.45, 2.75) is 57.0 Å². The van der Waals surface area contributed by atoms with E-state index in [0.717, 1.165) is 33.7 Å². The molecule has 0 bridgehead atoms. The van der Waals surface area contributed by atoms with Crippen LogP contribution in [-0.4, -0.2) is 150 Å². The van der Waals surface area contributed by atoms with Crippen LogP contribution in [0.4, 0.5) is 5.82 Å². The largest absolute Gasteiger partial charge is 0.508 e. The zero-order valence-corrected chi connectivity index (χ0v) is 38.9. The van der Waals surface area contributed by atoms with E-state index in [1.165, 1.54) is 43.0 Å². The van der Waals surface area contributed by atoms with Crippen LogP contribution in [0, 0.1) is 5.41 Å². The molecule has 0 saturated carbocycles. The van der Waals surface area contributed by atoms with E-state index in [9.17, 15) is 63.0 Å². The molecule has 2 aliphatic heterocycles. The number of phenols is 1. The van der Waals surface area contributed by atoms with Crippen LogP contribution in [0.25, 0.3) is 21.4 Å². The molecule has 3 aromatic heterocycles. The number of anilines is 1. The number of ether oxygens (including phenoxy) is 1. The molecule has 356 valence electrons. The fraction of sp³-hybridized carbons (Fsp3) is 0.500. The monoisotopic (exact) mass is 1030 g/mol. The van der Waals surface area contributed by atoms with Gasteiger partial charge in [0.05, 0.1) is 29.8 Å². The lowest BCUT2D eigenvalue weighted by Gasteiger charge is -2.30. The minimum atomic E-state index is -5.59. The number of nitrogens with two attached hydrogens (primary N) is 1. The highest BCUT2D eigenvalue weighted by Crippen LogP contribution is 2.61. The fourth-order valence-electron chi connectivity index (χ4n) is 5.99. The number of phosphoric acid groups is 3. The number of imidazole rings is 1. The van der Waals surface area contributed by atoms with Gasteiger partial charge in [-0.2, -0.15) is 4.31 Å². The Bertz CT molecular complexity index is 2600. The van der Waals surface area contributed by atoms with Gasteiger partial charge in [0.2, 0.25) is 16.9 Å². The van der Waals surface area contributed by atoms with Crippen molar-refractivity contribution in [2.75, 3.05) is 43.5 Å². The molecular formula is C32H42N9O18P3S3. The van der Waals surface area contributed by atoms with Crippen molar-refractivity contribution in [3.05, 3.63) is 35.9 Å². The predicted octanol–water partition coefficient (Wildman–Crippen LogP) is 0.542. The van der Waals surface area contributed by atoms with Crippen LogP contribution in [0.3, 0.4) is 0 Å². The van der Waals surface area contributed by atoms with Crippen LogP contribution in [-0.2, 0) is 50.7 Å². The van der Waals surface area contributed by atoms with Crippen LogP contribution in [0.1, 0.15) is 31.5 Å². The molecule has 5 heterocycles. The number of rotatable bonds is 21. The number of benzene rings is 1. The zero-order chi connectivity index (χ0) is 47.5. The number of aromatic nitrogens is 5. The van der Waals surface area contributed by atoms with E-state index in [1.54, 1.807) is 12.1 Å². The highest BCUT2D eigenvalue weighted by atomic mass is 32.2. The molecule has 0 radical (unpaired) electrons. The molecule has 8 atom stereocenters. The van der Waals surface area contributed by atoms with Crippen molar-refractivity contribution in [1.82, 2.24) is 35.1 Å². The number of thiazole rings is 1. The molecule has 1 fully saturated rings. The summed E-state index contributed by atoms with van der Waals surface area (Å²) in [5, 5.41) is 37.3. The number of fused-ring (bicyclic) bond motifs is 2. The summed E-state index contributed by atoms with van der Waals surface area (Å²) in [6, 6.07) is 4.25. The van der Waals surface area contributed by atoms with E-state index in [4.69, 9.17) is 19.5 Å². The van der Waals surface area contributed by atoms with E-state index in [-0.39, 0.29) is 53.1 Å². The molecule has 33 heteroatoms. The Balaban J connectivity index is 0.899. The summed E-state index contributed by atoms with van der Waals surface area (Å²) in [6.07, 6.45) is -7.05. The molecule has 4 aromatic rings. The van der Waals surface area contributed by atoms with Gasteiger partial charge in [-0.15, -0.1) is 23.1 Å². The van der Waals surface area contributed by atoms with E-state index in [1.807, 2.05) is 0 Å². The highest BCUT2D eigenvalue weighted by Gasteiger charge is 2.50. The van der Waals surface area contributed by atoms with Crippen molar-refractivity contribution < 1.29 is 85.6 Å². The first-order valence-corrected chi connectivity index (χ1v) is 26.1. The molecule has 65 heavy (non-hydrogen) atoms. The number of hydrogen-bond donors (Lipinski definition) is 10. The lowest BCUT2D eigenvalue weighted by atomic mass is 9.87. The first kappa shape index (κ1) is 50.9. The van der Waals surface area contributed by atoms with Gasteiger partial charge in [0, 0.05) is 36.4 Å². The Morgan fingerprint density at radius 3 is 2.55 bits per heavy atom. The number of carbonyl (C=O) groups is 3. The molecule has 1 saturated heterocycles. The number of phosphoric ester groups is 3. The van der Waals surface area contributed by atoms with Gasteiger partial charge in [0.1, 0.15) is 58.1 Å². The molecule has 0 spiro atoms. The number of thioether (sulfide) groups is 2. The molecule has 0 aliphatic carbocycles. The Kier molecular flexibility index (Phi) is 16.3. The molecule has 2 unspecified atom stereocenters. The first-order chi connectivity index (χ1) is 30.4. The van der Waals surface area contributed by atoms with Crippen LogP contribution in [0.15, 0.2) is 35.8 Å². The first-order valence-electron chi connectivity index (χ1n) is 18.8. The average Bonchev–Trinajstić information content (AvgIpc) is 4.03. The van der Waals surface area contributed by atoms with Gasteiger partial charge in [-0.3, -0.25) is 37.5 Å². The lowest BCUT2D eigenvalue weighted by molar-refractivity contribution is -0.137. The smallest absolute Gasteiger partial charge is 0.481 e. The third-order valence-corrected chi connectivity index (χ3v) is 15.5. The third-order valence-electron chi connectivity index (χ3n) is 9.22. The predicted molar refractivity (Wildman–Crippen MR) is 231 cm³/mol. The van der Waals surface area contributed by atoms with Gasteiger partial charge in [0.15, 0.2) is 17.7 Å². The average molecular weight is 1030 g/mol. The number of phenolic OH excluding ortho intramolecular Hbond substituents is 1. The van der Waals surface area contributed by atoms with Crippen molar-refractivity contribution >= 4 is 108 Å². The van der Waals surface area contributed by atoms with Crippen LogP contribution in [0.5, 0.6) is 5.75 Å². The SMILES string of the molecule is CC(C)(COP(=O)(O)OP(=O)(O)OC[C@H]1O[C@@H](n2cnc3c(N)ncnc32)[C@H](O)[C@@H]1OP(=O)(O)O)[C@@H](O)C(=O)NCCC(=O)NCCSC(=O)[C@@H]1CSC(c2nc3ccc(O)cc3s2)=N1. The number of carbonyl (C=O) groups excluding carboxylic acids is 3. The second-order valence-corrected chi connectivity index (χ2v) is 22.0. The summed E-state index contributed by atoms with van der Waals surface area (Å²) in [4.78, 5) is 97.9. The number of aromatic hydroxyl groups is 1. The molecule has 27 nitrogen and oxygen atoms in total. The lowest BCUT2D eigenvalue weighted by Crippen LogP contribution is -2.46. The Hall–Kier alpha value is -3.51. The molecule has 2 aliphatic rings. The zero-order valence-electron chi connectivity index (χ0n) is 33.7. The standard InChI is InChI=1S/C32H42N9O18P3S3/c1-32(2,24(45)27(46)35-6-5-20(43)34-7-8-63-31(47)17-11-64-28(40-17)29-39-16-4-3-15(42)9-19(16)65-29)12-56-62(53,54)59-61(51,52)55-10-18-23(58-60(48,49)50)22(44)30(57-18)41-14-38-21-25(33)36-13-37-26(21)41/h3-4,9,13-14,17-18,22-24,30,42,44-45H,5-8,10-12H2,1-2H3,(H,34,43)(H,35,46)(H,51,52)(H,53,54)(H2,33,36,37)(H2,48,49,50)/t17-,18+,22+,23+,24-,30+/m0/s1. The Morgan fingerprint density at radius 1 is 1.08 bits per heavy atom. The summed E-state index contributed by atoms with van der Waals surface area (Å²) in [7, 11) is -16.5. The minimum Gasteiger partial charge on any atom is -0.508 e. The van der Waals surface area contributed by atoms with Gasteiger partial charge in [-0.1, -0.05) is 25.6 Å². The van der Waals surface area contributed by atoms with E-state index in [0.29, 0.717) is 21.3 Å². The summed E-state index contributed by atoms with van der Waals surface area (Å²) in [6.45, 7) is 0.329. The Labute approximate surface area is 379 Å². The molecular weight excluding hydrogens is 988 g/mol. The van der Waals surface area contributed by atoms with Gasteiger partial charge in [-0.25, -0.2) is 33.6 Å². The van der Waals surface area contributed by atoms with Gasteiger partial charge < -0.3 is 56.0 Å². The Morgan fingerprint density at radius 2 is 1.82 bits per heavy atom. The van der Waals surface area contributed by atoms with Crippen molar-refractivity contribution in [3.8, 4) is 5.75 Å². The maximum absolute atomic E-state index is 12.7. The van der Waals surface area contributed by atoms with Crippen molar-refractivity contribution in [3.63, 3.8) is 0 Å². The summed E-state index contributed by atoms with van der Waals surface area (Å²) >= 11 is 3.76. The topological polar surface area (TPSA) is 409 Å². The van der Waals surface area contributed by atoms with Gasteiger partial charge in [0.25, 0.3) is 0 Å². The van der Waals surface area contributed by atoms with E-state index in [2.05, 4.69) is 44.4 Å². The number of aliphatic hydroxyl groups excluding tert-OH is 2. The van der Waals surface area contributed by atoms with E-state index >= 15 is 0 Å². The quantitative estimate of drug-likeness (QED) is 0.0402. The number of hydrogen-bond acceptors (Lipinski definition) is 23. The highest BCUT2D eigenvalue weighted by molar-refractivity contribution is 8.16. The molecule has 2 amide bonds. The summed E-state index contributed by atoms with van der Waals surface area (Å²) in [5.41, 5.74) is 4.94. The van der Waals surface area contributed by atoms with Crippen molar-refractivity contribution in [1.29, 1.82) is 0 Å². The normalized spacial score (nSPS) is 22.6. The number of nitrogens with one attached hydrogen (secondary N) is 2. The second-order valence-electron chi connectivity index (χ2n) is 14.7. The molecule has 1 aromatic carbocycles. The number of aliphatic imine (C=N–C) groups is 1. The third kappa shape index (κ3) is 13.4. The molecule has 11 N–H and O–H groups in total. The van der Waals surface area contributed by atoms with Crippen LogP contribution in [0.2, 0.25) is 0 Å². The minimum absolute atomic E-state index is 0.0233. The molecule has 6 rings (SSSR count).